The minimum Gasteiger partial charge on any atom is -0.481 e. The number of carbonyl (C=O) groups is 2. The normalized spacial score (nSPS) is 20.8. The number of aromatic nitrogens is 1. The summed E-state index contributed by atoms with van der Waals surface area (Å²) in [5, 5.41) is 14.2. The number of esters is 1. The second kappa shape index (κ2) is 11.2. The minimum atomic E-state index is -3.61. The average Bonchev–Trinajstić information content (AvgIpc) is 3.38. The average molecular weight is 559 g/mol. The van der Waals surface area contributed by atoms with Gasteiger partial charge in [0.15, 0.2) is 10.8 Å². The number of thiazole rings is 1. The molecule has 4 rings (SSSR count). The van der Waals surface area contributed by atoms with Gasteiger partial charge in [-0.15, -0.1) is 11.3 Å². The second-order valence-corrected chi connectivity index (χ2v) is 9.59. The van der Waals surface area contributed by atoms with Gasteiger partial charge in [-0.05, 0) is 12.1 Å². The molecule has 2 aliphatic heterocycles. The van der Waals surface area contributed by atoms with E-state index in [4.69, 9.17) is 26.2 Å². The van der Waals surface area contributed by atoms with Crippen LogP contribution in [0.15, 0.2) is 46.0 Å². The second-order valence-electron chi connectivity index (χ2n) is 8.28. The zero-order chi connectivity index (χ0) is 26.7. The fraction of sp³-hybridized carbons (Fsp3) is 0.391. The number of carboxylic acid groups (broad SMARTS) is 1. The number of nitrogens with zero attached hydrogens (tertiary/aromatic N) is 3. The van der Waals surface area contributed by atoms with Crippen LogP contribution in [0.5, 0.6) is 0 Å². The van der Waals surface area contributed by atoms with Crippen molar-refractivity contribution >= 4 is 40.7 Å². The highest BCUT2D eigenvalue weighted by atomic mass is 35.5. The fourth-order valence-electron chi connectivity index (χ4n) is 4.21. The quantitative estimate of drug-likeness (QED) is 0.475. The maximum absolute atomic E-state index is 14.9. The summed E-state index contributed by atoms with van der Waals surface area (Å²) in [5.41, 5.74) is 0.477. The van der Waals surface area contributed by atoms with Gasteiger partial charge in [0.25, 0.3) is 5.92 Å². The van der Waals surface area contributed by atoms with Gasteiger partial charge in [0.1, 0.15) is 18.3 Å². The molecule has 1 saturated heterocycles. The summed E-state index contributed by atoms with van der Waals surface area (Å²) in [5.74, 6) is -6.39. The lowest BCUT2D eigenvalue weighted by Gasteiger charge is -2.40. The Morgan fingerprint density at radius 1 is 1.41 bits per heavy atom. The Bertz CT molecular complexity index is 1240. The van der Waals surface area contributed by atoms with Crippen LogP contribution in [-0.4, -0.2) is 78.1 Å². The molecule has 0 amide bonds. The van der Waals surface area contributed by atoms with Crippen molar-refractivity contribution < 1.29 is 37.3 Å². The van der Waals surface area contributed by atoms with Crippen molar-refractivity contribution in [3.8, 4) is 0 Å². The summed E-state index contributed by atoms with van der Waals surface area (Å²) < 4.78 is 53.8. The van der Waals surface area contributed by atoms with E-state index in [9.17, 15) is 22.8 Å². The third kappa shape index (κ3) is 5.95. The molecule has 198 valence electrons. The molecule has 9 nitrogen and oxygen atoms in total. The lowest BCUT2D eigenvalue weighted by Crippen LogP contribution is -2.57. The Morgan fingerprint density at radius 3 is 2.84 bits per heavy atom. The summed E-state index contributed by atoms with van der Waals surface area (Å²) in [6.45, 7) is -0.443. The zero-order valence-corrected chi connectivity index (χ0v) is 21.0. The van der Waals surface area contributed by atoms with Crippen LogP contribution in [0.4, 0.5) is 13.2 Å². The van der Waals surface area contributed by atoms with E-state index in [1.807, 2.05) is 0 Å². The maximum atomic E-state index is 14.9. The van der Waals surface area contributed by atoms with Gasteiger partial charge in [-0.3, -0.25) is 14.7 Å². The molecule has 2 atom stereocenters. The van der Waals surface area contributed by atoms with Gasteiger partial charge in [-0.25, -0.2) is 22.9 Å². The Labute approximate surface area is 218 Å². The van der Waals surface area contributed by atoms with Crippen LogP contribution < -0.4 is 5.32 Å². The number of hydrogen-bond donors (Lipinski definition) is 2. The Morgan fingerprint density at radius 2 is 2.19 bits per heavy atom. The van der Waals surface area contributed by atoms with Gasteiger partial charge >= 0.3 is 11.9 Å². The molecule has 1 unspecified atom stereocenters. The van der Waals surface area contributed by atoms with Crippen molar-refractivity contribution in [2.45, 2.75) is 24.4 Å². The number of ether oxygens (including phenoxy) is 2. The summed E-state index contributed by atoms with van der Waals surface area (Å²) in [4.78, 5) is 34.3. The molecule has 0 spiro atoms. The number of morpholine rings is 1. The molecule has 37 heavy (non-hydrogen) atoms. The number of aliphatic imine (C=N–C) groups is 1. The lowest BCUT2D eigenvalue weighted by atomic mass is 9.94. The molecule has 1 aromatic heterocycles. The number of hydrogen-bond acceptors (Lipinski definition) is 9. The van der Waals surface area contributed by atoms with E-state index in [-0.39, 0.29) is 41.8 Å². The molecule has 0 saturated carbocycles. The van der Waals surface area contributed by atoms with Gasteiger partial charge < -0.3 is 19.9 Å². The van der Waals surface area contributed by atoms with Crippen molar-refractivity contribution in [2.75, 3.05) is 33.4 Å². The van der Waals surface area contributed by atoms with Crippen LogP contribution >= 0.6 is 22.9 Å². The van der Waals surface area contributed by atoms with Crippen molar-refractivity contribution in [3.05, 3.63) is 62.5 Å². The third-order valence-corrected chi connectivity index (χ3v) is 7.01. The van der Waals surface area contributed by atoms with E-state index >= 15 is 0 Å². The molecule has 1 aromatic carbocycles. The van der Waals surface area contributed by atoms with Gasteiger partial charge in [0.05, 0.1) is 31.9 Å². The van der Waals surface area contributed by atoms with E-state index in [1.54, 1.807) is 11.6 Å². The molecule has 0 bridgehead atoms. The Kier molecular flexibility index (Phi) is 8.17. The highest BCUT2D eigenvalue weighted by molar-refractivity contribution is 7.11. The first-order valence-corrected chi connectivity index (χ1v) is 12.3. The van der Waals surface area contributed by atoms with Gasteiger partial charge in [0, 0.05) is 40.9 Å². The molecule has 2 aliphatic rings. The molecule has 14 heteroatoms. The fourth-order valence-corrected chi connectivity index (χ4v) is 5.07. The molecule has 2 N–H and O–H groups in total. The first kappa shape index (κ1) is 27.0. The molecule has 3 heterocycles. The number of methoxy groups -OCH3 is 1. The predicted molar refractivity (Wildman–Crippen MR) is 128 cm³/mol. The number of carboxylic acids is 1. The van der Waals surface area contributed by atoms with E-state index in [1.165, 1.54) is 28.4 Å². The number of alkyl halides is 2. The van der Waals surface area contributed by atoms with E-state index in [2.05, 4.69) is 15.3 Å². The van der Waals surface area contributed by atoms with E-state index in [0.29, 0.717) is 10.6 Å². The lowest BCUT2D eigenvalue weighted by molar-refractivity contribution is -0.162. The van der Waals surface area contributed by atoms with Crippen LogP contribution in [0, 0.1) is 5.82 Å². The first-order valence-electron chi connectivity index (χ1n) is 11.0. The van der Waals surface area contributed by atoms with Crippen LogP contribution in [0.3, 0.4) is 0 Å². The third-order valence-electron chi connectivity index (χ3n) is 5.90. The number of aliphatic carboxylic acids is 1. The largest absolute Gasteiger partial charge is 0.481 e. The summed E-state index contributed by atoms with van der Waals surface area (Å²) in [6, 6.07) is 1.00. The molecular formula is C23H22ClF3N4O5S. The molecule has 0 radical (unpaired) electrons. The highest BCUT2D eigenvalue weighted by Crippen LogP contribution is 2.38. The number of rotatable bonds is 8. The Hall–Kier alpha value is -3.00. The molecule has 0 aliphatic carbocycles. The number of nitrogens with one attached hydrogen (secondary N) is 1. The molecule has 1 fully saturated rings. The van der Waals surface area contributed by atoms with Crippen molar-refractivity contribution in [1.82, 2.24) is 15.2 Å². The molecular weight excluding hydrogens is 537 g/mol. The van der Waals surface area contributed by atoms with Gasteiger partial charge in [0.2, 0.25) is 0 Å². The van der Waals surface area contributed by atoms with E-state index in [0.717, 1.165) is 13.2 Å². The van der Waals surface area contributed by atoms with Crippen LogP contribution in [-0.2, 0) is 19.1 Å². The highest BCUT2D eigenvalue weighted by Gasteiger charge is 2.47. The summed E-state index contributed by atoms with van der Waals surface area (Å²) >= 11 is 7.57. The smallest absolute Gasteiger partial charge is 0.338 e. The topological polar surface area (TPSA) is 113 Å². The maximum Gasteiger partial charge on any atom is 0.338 e. The minimum absolute atomic E-state index is 0.00660. The zero-order valence-electron chi connectivity index (χ0n) is 19.4. The van der Waals surface area contributed by atoms with Crippen LogP contribution in [0.25, 0.3) is 0 Å². The van der Waals surface area contributed by atoms with Crippen molar-refractivity contribution in [2.24, 2.45) is 4.99 Å². The molecule has 2 aromatic rings. The van der Waals surface area contributed by atoms with Gasteiger partial charge in [-0.1, -0.05) is 17.7 Å². The van der Waals surface area contributed by atoms with E-state index < -0.39 is 48.8 Å². The van der Waals surface area contributed by atoms with Crippen molar-refractivity contribution in [1.29, 1.82) is 0 Å². The number of halogens is 4. The summed E-state index contributed by atoms with van der Waals surface area (Å²) in [7, 11) is 1.16. The standard InChI is InChI=1S/C23H22ClF3N4O5S/c1-35-22(34)18-15(10-31-5-6-36-11-16(31)23(26,27)9-17(32)33)29-20(21-28-4-7-37-21)30-19(18)13-3-2-12(25)8-14(13)24/h2-4,7-8,16,19H,5-6,9-11H2,1H3,(H,29,30)(H,32,33)/t16?,19-/m0/s1. The number of carbonyl (C=O) groups excluding carboxylic acids is 1. The predicted octanol–water partition coefficient (Wildman–Crippen LogP) is 3.26. The summed E-state index contributed by atoms with van der Waals surface area (Å²) in [6.07, 6.45) is 0.168. The van der Waals surface area contributed by atoms with Crippen LogP contribution in [0.1, 0.15) is 23.0 Å². The first-order chi connectivity index (χ1) is 17.6. The monoisotopic (exact) mass is 558 g/mol. The number of amidine groups is 1. The van der Waals surface area contributed by atoms with Gasteiger partial charge in [-0.2, -0.15) is 0 Å². The SMILES string of the molecule is COC(=O)C1=C(CN2CCOCC2C(F)(F)CC(=O)O)NC(c2nccs2)=N[C@H]1c1ccc(F)cc1Cl. The Balaban J connectivity index is 1.80. The van der Waals surface area contributed by atoms with Crippen LogP contribution in [0.2, 0.25) is 5.02 Å². The number of benzene rings is 1. The van der Waals surface area contributed by atoms with Crippen molar-refractivity contribution in [3.63, 3.8) is 0 Å².